The summed E-state index contributed by atoms with van der Waals surface area (Å²) < 4.78 is 6.69. The van der Waals surface area contributed by atoms with Gasteiger partial charge in [0.2, 0.25) is 5.82 Å². The Balaban J connectivity index is 2.03. The molecule has 2 aromatic rings. The van der Waals surface area contributed by atoms with Crippen molar-refractivity contribution in [3.63, 3.8) is 0 Å². The molecule has 1 aliphatic heterocycles. The molecule has 1 unspecified atom stereocenters. The number of hydrogen-bond acceptors (Lipinski definition) is 4. The number of aromatic nitrogens is 3. The predicted molar refractivity (Wildman–Crippen MR) is 62.3 cm³/mol. The SMILES string of the molecule is O=C(O)C1CCCc2nc(-c3ccc(Cl)o3)nn21. The Bertz CT molecular complexity index is 604. The first kappa shape index (κ1) is 11.3. The second kappa shape index (κ2) is 4.13. The van der Waals surface area contributed by atoms with Gasteiger partial charge < -0.3 is 9.52 Å². The fraction of sp³-hybridized carbons (Fsp3) is 0.364. The lowest BCUT2D eigenvalue weighted by Crippen LogP contribution is -2.25. The van der Waals surface area contributed by atoms with Gasteiger partial charge in [-0.25, -0.2) is 14.5 Å². The molecule has 1 N–H and O–H groups in total. The molecule has 0 saturated carbocycles. The number of rotatable bonds is 2. The van der Waals surface area contributed by atoms with E-state index in [4.69, 9.17) is 21.1 Å². The molecule has 1 atom stereocenters. The molecule has 0 spiro atoms. The van der Waals surface area contributed by atoms with E-state index in [1.54, 1.807) is 12.1 Å². The van der Waals surface area contributed by atoms with Crippen LogP contribution in [0.1, 0.15) is 24.7 Å². The highest BCUT2D eigenvalue weighted by Gasteiger charge is 2.29. The van der Waals surface area contributed by atoms with Gasteiger partial charge in [0, 0.05) is 6.42 Å². The third-order valence-electron chi connectivity index (χ3n) is 2.95. The normalized spacial score (nSPS) is 18.6. The summed E-state index contributed by atoms with van der Waals surface area (Å²) in [6, 6.07) is 2.63. The molecule has 3 rings (SSSR count). The molecule has 0 radical (unpaired) electrons. The van der Waals surface area contributed by atoms with Gasteiger partial charge in [-0.3, -0.25) is 0 Å². The summed E-state index contributed by atoms with van der Waals surface area (Å²) in [4.78, 5) is 15.4. The highest BCUT2D eigenvalue weighted by molar-refractivity contribution is 6.28. The maximum Gasteiger partial charge on any atom is 0.328 e. The molecule has 0 fully saturated rings. The smallest absolute Gasteiger partial charge is 0.328 e. The zero-order chi connectivity index (χ0) is 12.7. The Kier molecular flexibility index (Phi) is 2.59. The van der Waals surface area contributed by atoms with E-state index in [-0.39, 0.29) is 5.22 Å². The van der Waals surface area contributed by atoms with Gasteiger partial charge in [-0.15, -0.1) is 5.10 Å². The van der Waals surface area contributed by atoms with Crippen molar-refractivity contribution in [1.82, 2.24) is 14.8 Å². The monoisotopic (exact) mass is 267 g/mol. The van der Waals surface area contributed by atoms with Crippen molar-refractivity contribution in [2.45, 2.75) is 25.3 Å². The average molecular weight is 268 g/mol. The van der Waals surface area contributed by atoms with Crippen LogP contribution in [0.25, 0.3) is 11.6 Å². The number of furan rings is 1. The van der Waals surface area contributed by atoms with E-state index in [1.807, 2.05) is 0 Å². The van der Waals surface area contributed by atoms with Crippen LogP contribution < -0.4 is 0 Å². The van der Waals surface area contributed by atoms with Crippen LogP contribution in [0.2, 0.25) is 5.22 Å². The van der Waals surface area contributed by atoms with E-state index in [0.717, 1.165) is 12.8 Å². The van der Waals surface area contributed by atoms with Crippen LogP contribution in [0.4, 0.5) is 0 Å². The minimum atomic E-state index is -0.884. The van der Waals surface area contributed by atoms with Gasteiger partial charge in [-0.05, 0) is 36.6 Å². The Hall–Kier alpha value is -1.82. The highest BCUT2D eigenvalue weighted by Crippen LogP contribution is 2.27. The Morgan fingerprint density at radius 3 is 3.06 bits per heavy atom. The van der Waals surface area contributed by atoms with E-state index < -0.39 is 12.0 Å². The van der Waals surface area contributed by atoms with Gasteiger partial charge in [-0.1, -0.05) is 0 Å². The van der Waals surface area contributed by atoms with E-state index in [0.29, 0.717) is 23.8 Å². The van der Waals surface area contributed by atoms with E-state index in [1.165, 1.54) is 4.68 Å². The minimum absolute atomic E-state index is 0.257. The van der Waals surface area contributed by atoms with Crippen molar-refractivity contribution in [1.29, 1.82) is 0 Å². The van der Waals surface area contributed by atoms with Crippen molar-refractivity contribution in [3.8, 4) is 11.6 Å². The maximum absolute atomic E-state index is 11.1. The quantitative estimate of drug-likeness (QED) is 0.902. The summed E-state index contributed by atoms with van der Waals surface area (Å²) in [5.74, 6) is 0.622. The van der Waals surface area contributed by atoms with E-state index in [9.17, 15) is 4.79 Å². The number of carboxylic acid groups (broad SMARTS) is 1. The zero-order valence-corrected chi connectivity index (χ0v) is 10.1. The van der Waals surface area contributed by atoms with Gasteiger partial charge in [-0.2, -0.15) is 0 Å². The molecule has 7 heteroatoms. The van der Waals surface area contributed by atoms with E-state index in [2.05, 4.69) is 10.1 Å². The van der Waals surface area contributed by atoms with Crippen molar-refractivity contribution in [2.75, 3.05) is 0 Å². The fourth-order valence-electron chi connectivity index (χ4n) is 2.12. The molecule has 1 aliphatic rings. The molecular weight excluding hydrogens is 258 g/mol. The summed E-state index contributed by atoms with van der Waals surface area (Å²) in [6.45, 7) is 0. The number of carboxylic acids is 1. The van der Waals surface area contributed by atoms with Crippen LogP contribution in [0, 0.1) is 0 Å². The number of hydrogen-bond donors (Lipinski definition) is 1. The first-order chi connectivity index (χ1) is 8.65. The summed E-state index contributed by atoms with van der Waals surface area (Å²) in [7, 11) is 0. The third kappa shape index (κ3) is 1.78. The standard InChI is InChI=1S/C11H10ClN3O3/c12-8-5-4-7(18-8)10-13-9-3-1-2-6(11(16)17)15(9)14-10/h4-6H,1-3H2,(H,16,17). The molecule has 2 aromatic heterocycles. The molecule has 18 heavy (non-hydrogen) atoms. The number of fused-ring (bicyclic) bond motifs is 1. The number of aryl methyl sites for hydroxylation is 1. The Morgan fingerprint density at radius 1 is 1.56 bits per heavy atom. The third-order valence-corrected chi connectivity index (χ3v) is 3.16. The number of carbonyl (C=O) groups is 1. The molecular formula is C11H10ClN3O3. The molecule has 0 amide bonds. The topological polar surface area (TPSA) is 81.2 Å². The Morgan fingerprint density at radius 2 is 2.39 bits per heavy atom. The molecule has 0 aromatic carbocycles. The average Bonchev–Trinajstić information content (AvgIpc) is 2.93. The largest absolute Gasteiger partial charge is 0.480 e. The van der Waals surface area contributed by atoms with Gasteiger partial charge in [0.25, 0.3) is 0 Å². The summed E-state index contributed by atoms with van der Waals surface area (Å²) in [6.07, 6.45) is 2.10. The lowest BCUT2D eigenvalue weighted by Gasteiger charge is -2.19. The predicted octanol–water partition coefficient (Wildman–Crippen LogP) is 2.15. The van der Waals surface area contributed by atoms with Gasteiger partial charge in [0.05, 0.1) is 0 Å². The number of nitrogens with zero attached hydrogens (tertiary/aromatic N) is 3. The lowest BCUT2D eigenvalue weighted by atomic mass is 10.1. The van der Waals surface area contributed by atoms with Crippen molar-refractivity contribution in [3.05, 3.63) is 23.2 Å². The first-order valence-electron chi connectivity index (χ1n) is 5.59. The zero-order valence-electron chi connectivity index (χ0n) is 9.34. The van der Waals surface area contributed by atoms with Crippen LogP contribution in [-0.2, 0) is 11.2 Å². The second-order valence-electron chi connectivity index (χ2n) is 4.15. The lowest BCUT2D eigenvalue weighted by molar-refractivity contribution is -0.141. The van der Waals surface area contributed by atoms with Gasteiger partial charge in [0.1, 0.15) is 5.82 Å². The summed E-state index contributed by atoms with van der Waals surface area (Å²) in [5, 5.41) is 13.6. The maximum atomic E-state index is 11.1. The van der Waals surface area contributed by atoms with Crippen molar-refractivity contribution in [2.24, 2.45) is 0 Å². The Labute approximate surface area is 107 Å². The van der Waals surface area contributed by atoms with Gasteiger partial charge >= 0.3 is 5.97 Å². The first-order valence-corrected chi connectivity index (χ1v) is 5.97. The van der Waals surface area contributed by atoms with Crippen LogP contribution >= 0.6 is 11.6 Å². The van der Waals surface area contributed by atoms with Crippen molar-refractivity contribution >= 4 is 17.6 Å². The van der Waals surface area contributed by atoms with Crippen LogP contribution in [0.15, 0.2) is 16.5 Å². The van der Waals surface area contributed by atoms with Crippen LogP contribution in [0.5, 0.6) is 0 Å². The summed E-state index contributed by atoms with van der Waals surface area (Å²) >= 11 is 5.69. The van der Waals surface area contributed by atoms with Crippen molar-refractivity contribution < 1.29 is 14.3 Å². The minimum Gasteiger partial charge on any atom is -0.480 e. The molecule has 3 heterocycles. The summed E-state index contributed by atoms with van der Waals surface area (Å²) in [5.41, 5.74) is 0. The molecule has 6 nitrogen and oxygen atoms in total. The number of aliphatic carboxylic acids is 1. The van der Waals surface area contributed by atoms with Crippen LogP contribution in [0.3, 0.4) is 0 Å². The molecule has 0 saturated heterocycles. The number of halogens is 1. The molecule has 0 bridgehead atoms. The van der Waals surface area contributed by atoms with Gasteiger partial charge in [0.15, 0.2) is 17.0 Å². The van der Waals surface area contributed by atoms with Crippen LogP contribution in [-0.4, -0.2) is 25.8 Å². The highest BCUT2D eigenvalue weighted by atomic mass is 35.5. The molecule has 0 aliphatic carbocycles. The molecule has 94 valence electrons. The van der Waals surface area contributed by atoms with E-state index >= 15 is 0 Å². The fourth-order valence-corrected chi connectivity index (χ4v) is 2.26. The second-order valence-corrected chi connectivity index (χ2v) is 4.52.